The number of aromatic nitrogens is 1. The smallest absolute Gasteiger partial charge is 0.269 e. The molecule has 0 saturated heterocycles. The number of H-pyrrole nitrogens is 1. The molecule has 1 heterocycles. The first-order chi connectivity index (χ1) is 13.0. The number of hydrogen-bond acceptors (Lipinski definition) is 3. The summed E-state index contributed by atoms with van der Waals surface area (Å²) in [5, 5.41) is 4.49. The maximum atomic E-state index is 12.5. The Kier molecular flexibility index (Phi) is 6.14. The standard InChI is InChI=1S/C20H20Cl2N2O3/c1-3-8-27-16-7-4-12(9-17(16)26-2)11-23-20(25)19-18(22)14-10-13(21)5-6-15(14)24-19/h4-7,9-10,24H,3,8,11H2,1-2H3,(H,23,25). The lowest BCUT2D eigenvalue weighted by atomic mass is 10.2. The van der Waals surface area contributed by atoms with Gasteiger partial charge < -0.3 is 19.8 Å². The Hall–Kier alpha value is -2.37. The van der Waals surface area contributed by atoms with Crippen LogP contribution in [-0.4, -0.2) is 24.6 Å². The Bertz CT molecular complexity index is 969. The minimum atomic E-state index is -0.294. The lowest BCUT2D eigenvalue weighted by Gasteiger charge is -2.12. The first-order valence-corrected chi connectivity index (χ1v) is 9.33. The molecule has 5 nitrogen and oxygen atoms in total. The highest BCUT2D eigenvalue weighted by Gasteiger charge is 2.16. The number of hydrogen-bond donors (Lipinski definition) is 2. The highest BCUT2D eigenvalue weighted by molar-refractivity contribution is 6.39. The lowest BCUT2D eigenvalue weighted by molar-refractivity contribution is 0.0947. The summed E-state index contributed by atoms with van der Waals surface area (Å²) >= 11 is 12.3. The Morgan fingerprint density at radius 1 is 1.15 bits per heavy atom. The summed E-state index contributed by atoms with van der Waals surface area (Å²) < 4.78 is 11.0. The zero-order valence-electron chi connectivity index (χ0n) is 15.1. The molecule has 0 spiro atoms. The molecular formula is C20H20Cl2N2O3. The van der Waals surface area contributed by atoms with Gasteiger partial charge >= 0.3 is 0 Å². The van der Waals surface area contributed by atoms with Crippen LogP contribution in [0.4, 0.5) is 0 Å². The molecular weight excluding hydrogens is 387 g/mol. The topological polar surface area (TPSA) is 63.3 Å². The van der Waals surface area contributed by atoms with E-state index in [9.17, 15) is 4.79 Å². The molecule has 0 aliphatic carbocycles. The number of benzene rings is 2. The van der Waals surface area contributed by atoms with Gasteiger partial charge in [0.25, 0.3) is 5.91 Å². The molecule has 2 N–H and O–H groups in total. The van der Waals surface area contributed by atoms with Crippen LogP contribution in [0.15, 0.2) is 36.4 Å². The summed E-state index contributed by atoms with van der Waals surface area (Å²) in [6.07, 6.45) is 0.914. The third-order valence-corrected chi connectivity index (χ3v) is 4.69. The summed E-state index contributed by atoms with van der Waals surface area (Å²) in [6.45, 7) is 2.99. The van der Waals surface area contributed by atoms with E-state index in [-0.39, 0.29) is 5.91 Å². The number of methoxy groups -OCH3 is 1. The minimum absolute atomic E-state index is 0.294. The molecule has 2 aromatic carbocycles. The maximum Gasteiger partial charge on any atom is 0.269 e. The Labute approximate surface area is 167 Å². The highest BCUT2D eigenvalue weighted by Crippen LogP contribution is 2.30. The van der Waals surface area contributed by atoms with Gasteiger partial charge in [0.15, 0.2) is 11.5 Å². The average Bonchev–Trinajstić information content (AvgIpc) is 3.01. The van der Waals surface area contributed by atoms with Gasteiger partial charge in [-0.25, -0.2) is 0 Å². The Morgan fingerprint density at radius 2 is 1.96 bits per heavy atom. The van der Waals surface area contributed by atoms with E-state index in [0.29, 0.717) is 45.8 Å². The summed E-state index contributed by atoms with van der Waals surface area (Å²) in [6, 6.07) is 10.8. The predicted octanol–water partition coefficient (Wildman–Crippen LogP) is 5.20. The predicted molar refractivity (Wildman–Crippen MR) is 108 cm³/mol. The molecule has 27 heavy (non-hydrogen) atoms. The van der Waals surface area contributed by atoms with E-state index in [2.05, 4.69) is 10.3 Å². The minimum Gasteiger partial charge on any atom is -0.493 e. The molecule has 0 aliphatic heterocycles. The van der Waals surface area contributed by atoms with Crippen LogP contribution in [0.25, 0.3) is 10.9 Å². The molecule has 0 bridgehead atoms. The zero-order chi connectivity index (χ0) is 19.4. The molecule has 7 heteroatoms. The fourth-order valence-corrected chi connectivity index (χ4v) is 3.17. The normalized spacial score (nSPS) is 10.8. The van der Waals surface area contributed by atoms with Crippen LogP contribution in [0.5, 0.6) is 11.5 Å². The van der Waals surface area contributed by atoms with Crippen LogP contribution in [-0.2, 0) is 6.54 Å². The number of halogens is 2. The second-order valence-electron chi connectivity index (χ2n) is 6.02. The molecule has 0 atom stereocenters. The number of nitrogens with one attached hydrogen (secondary N) is 2. The van der Waals surface area contributed by atoms with Crippen LogP contribution in [0.2, 0.25) is 10.0 Å². The molecule has 142 valence electrons. The first-order valence-electron chi connectivity index (χ1n) is 8.58. The number of aromatic amines is 1. The highest BCUT2D eigenvalue weighted by atomic mass is 35.5. The number of rotatable bonds is 7. The summed E-state index contributed by atoms with van der Waals surface area (Å²) in [4.78, 5) is 15.6. The van der Waals surface area contributed by atoms with E-state index in [1.165, 1.54) is 0 Å². The van der Waals surface area contributed by atoms with E-state index >= 15 is 0 Å². The average molecular weight is 407 g/mol. The number of carbonyl (C=O) groups excluding carboxylic acids is 1. The van der Waals surface area contributed by atoms with Crippen molar-refractivity contribution in [2.45, 2.75) is 19.9 Å². The van der Waals surface area contributed by atoms with Crippen LogP contribution < -0.4 is 14.8 Å². The molecule has 1 aromatic heterocycles. The van der Waals surface area contributed by atoms with Crippen LogP contribution in [0, 0.1) is 0 Å². The van der Waals surface area contributed by atoms with Crippen LogP contribution >= 0.6 is 23.2 Å². The fourth-order valence-electron chi connectivity index (χ4n) is 2.71. The first kappa shape index (κ1) is 19.4. The molecule has 0 radical (unpaired) electrons. The number of carbonyl (C=O) groups is 1. The van der Waals surface area contributed by atoms with Gasteiger partial charge in [0, 0.05) is 22.5 Å². The van der Waals surface area contributed by atoms with Crippen molar-refractivity contribution < 1.29 is 14.3 Å². The number of fused-ring (bicyclic) bond motifs is 1. The summed E-state index contributed by atoms with van der Waals surface area (Å²) in [5.74, 6) is 1.02. The fraction of sp³-hybridized carbons (Fsp3) is 0.250. The van der Waals surface area contributed by atoms with Crippen molar-refractivity contribution in [2.75, 3.05) is 13.7 Å². The number of ether oxygens (including phenoxy) is 2. The second-order valence-corrected chi connectivity index (χ2v) is 6.83. The molecule has 0 saturated carbocycles. The lowest BCUT2D eigenvalue weighted by Crippen LogP contribution is -2.23. The maximum absolute atomic E-state index is 12.5. The van der Waals surface area contributed by atoms with Crippen molar-refractivity contribution in [2.24, 2.45) is 0 Å². The Morgan fingerprint density at radius 3 is 2.70 bits per heavy atom. The van der Waals surface area contributed by atoms with Gasteiger partial charge in [-0.2, -0.15) is 0 Å². The van der Waals surface area contributed by atoms with Crippen LogP contribution in [0.1, 0.15) is 29.4 Å². The Balaban J connectivity index is 1.73. The van der Waals surface area contributed by atoms with Crippen molar-refractivity contribution in [1.82, 2.24) is 10.3 Å². The SMILES string of the molecule is CCCOc1ccc(CNC(=O)c2[nH]c3ccc(Cl)cc3c2Cl)cc1OC. The van der Waals surface area contributed by atoms with Crippen molar-refractivity contribution in [3.63, 3.8) is 0 Å². The van der Waals surface area contributed by atoms with Crippen molar-refractivity contribution in [3.05, 3.63) is 57.7 Å². The molecule has 1 amide bonds. The van der Waals surface area contributed by atoms with Gasteiger partial charge in [0.1, 0.15) is 5.69 Å². The summed E-state index contributed by atoms with van der Waals surface area (Å²) in [5.41, 5.74) is 1.96. The summed E-state index contributed by atoms with van der Waals surface area (Å²) in [7, 11) is 1.59. The number of amides is 1. The van der Waals surface area contributed by atoms with Gasteiger partial charge in [0.2, 0.25) is 0 Å². The van der Waals surface area contributed by atoms with Gasteiger partial charge in [-0.3, -0.25) is 4.79 Å². The largest absolute Gasteiger partial charge is 0.493 e. The third kappa shape index (κ3) is 4.31. The van der Waals surface area contributed by atoms with E-state index in [0.717, 1.165) is 17.5 Å². The third-order valence-electron chi connectivity index (χ3n) is 4.07. The van der Waals surface area contributed by atoms with Crippen molar-refractivity contribution in [3.8, 4) is 11.5 Å². The molecule has 0 fully saturated rings. The second kappa shape index (κ2) is 8.55. The van der Waals surface area contributed by atoms with E-state index in [1.54, 1.807) is 25.3 Å². The molecule has 0 unspecified atom stereocenters. The van der Waals surface area contributed by atoms with Gasteiger partial charge in [-0.05, 0) is 42.3 Å². The van der Waals surface area contributed by atoms with Crippen LogP contribution in [0.3, 0.4) is 0 Å². The van der Waals surface area contributed by atoms with E-state index in [4.69, 9.17) is 32.7 Å². The van der Waals surface area contributed by atoms with Gasteiger partial charge in [-0.15, -0.1) is 0 Å². The van der Waals surface area contributed by atoms with E-state index in [1.807, 2.05) is 25.1 Å². The monoisotopic (exact) mass is 406 g/mol. The van der Waals surface area contributed by atoms with Crippen molar-refractivity contribution >= 4 is 40.0 Å². The molecule has 0 aliphatic rings. The molecule has 3 rings (SSSR count). The van der Waals surface area contributed by atoms with Gasteiger partial charge in [-0.1, -0.05) is 36.2 Å². The zero-order valence-corrected chi connectivity index (χ0v) is 16.6. The molecule has 3 aromatic rings. The van der Waals surface area contributed by atoms with Crippen molar-refractivity contribution in [1.29, 1.82) is 0 Å². The van der Waals surface area contributed by atoms with Gasteiger partial charge in [0.05, 0.1) is 18.7 Å². The van der Waals surface area contributed by atoms with E-state index < -0.39 is 0 Å². The quantitative estimate of drug-likeness (QED) is 0.566.